The first kappa shape index (κ1) is 14.2. The molecule has 1 aromatic heterocycles. The van der Waals surface area contributed by atoms with E-state index in [1.54, 1.807) is 26.0 Å². The number of amides is 1. The summed E-state index contributed by atoms with van der Waals surface area (Å²) in [5, 5.41) is 4.69. The van der Waals surface area contributed by atoms with Gasteiger partial charge in [0.25, 0.3) is 5.91 Å². The normalized spacial score (nSPS) is 10.5. The predicted molar refractivity (Wildman–Crippen MR) is 79.1 cm³/mol. The Bertz CT molecular complexity index is 601. The van der Waals surface area contributed by atoms with E-state index in [2.05, 4.69) is 21.2 Å². The fraction of sp³-hybridized carbons (Fsp3) is 0.214. The summed E-state index contributed by atoms with van der Waals surface area (Å²) in [6.07, 6.45) is 0. The summed E-state index contributed by atoms with van der Waals surface area (Å²) in [4.78, 5) is 12.6. The van der Waals surface area contributed by atoms with Gasteiger partial charge in [-0.2, -0.15) is 0 Å². The van der Waals surface area contributed by atoms with Gasteiger partial charge >= 0.3 is 0 Å². The molecule has 1 N–H and O–H groups in total. The average molecular weight is 342 g/mol. The minimum absolute atomic E-state index is 0.124. The second-order valence-electron chi connectivity index (χ2n) is 4.32. The molecule has 1 aromatic carbocycles. The Morgan fingerprint density at radius 1 is 1.37 bits per heavy atom. The van der Waals surface area contributed by atoms with Gasteiger partial charge in [0.15, 0.2) is 0 Å². The van der Waals surface area contributed by atoms with E-state index < -0.39 is 0 Å². The largest absolute Gasteiger partial charge is 0.347 e. The van der Waals surface area contributed by atoms with Crippen molar-refractivity contribution in [3.05, 3.63) is 55.4 Å². The van der Waals surface area contributed by atoms with Crippen LogP contribution >= 0.6 is 27.3 Å². The maximum absolute atomic E-state index is 13.5. The molecule has 0 aliphatic rings. The molecule has 2 aromatic rings. The molecule has 0 spiro atoms. The Labute approximate surface area is 123 Å². The molecule has 0 aliphatic heterocycles. The van der Waals surface area contributed by atoms with Gasteiger partial charge in [-0.15, -0.1) is 11.3 Å². The number of benzene rings is 1. The number of hydrogen-bond donors (Lipinski definition) is 1. The monoisotopic (exact) mass is 341 g/mol. The van der Waals surface area contributed by atoms with Gasteiger partial charge in [0.05, 0.1) is 0 Å². The van der Waals surface area contributed by atoms with E-state index in [1.807, 2.05) is 11.4 Å². The van der Waals surface area contributed by atoms with Crippen LogP contribution in [-0.2, 0) is 6.54 Å². The van der Waals surface area contributed by atoms with Crippen molar-refractivity contribution in [3.63, 3.8) is 0 Å². The van der Waals surface area contributed by atoms with E-state index >= 15 is 0 Å². The zero-order valence-corrected chi connectivity index (χ0v) is 13.0. The Morgan fingerprint density at radius 3 is 2.53 bits per heavy atom. The van der Waals surface area contributed by atoms with Crippen molar-refractivity contribution in [2.45, 2.75) is 20.4 Å². The molecule has 5 heteroatoms. The molecular formula is C14H13BrFNOS. The quantitative estimate of drug-likeness (QED) is 0.890. The van der Waals surface area contributed by atoms with Crippen molar-refractivity contribution in [1.82, 2.24) is 5.32 Å². The summed E-state index contributed by atoms with van der Waals surface area (Å²) in [5.74, 6) is -0.308. The third-order valence-corrected chi connectivity index (χ3v) is 4.61. The average Bonchev–Trinajstić information content (AvgIpc) is 2.79. The Morgan fingerprint density at radius 2 is 2.00 bits per heavy atom. The molecule has 1 amide bonds. The van der Waals surface area contributed by atoms with Crippen LogP contribution in [0.25, 0.3) is 0 Å². The van der Waals surface area contributed by atoms with E-state index in [1.165, 1.54) is 11.3 Å². The summed E-state index contributed by atoms with van der Waals surface area (Å²) < 4.78 is 14.3. The highest BCUT2D eigenvalue weighted by atomic mass is 79.9. The minimum atomic E-state index is -0.184. The lowest BCUT2D eigenvalue weighted by molar-refractivity contribution is 0.0954. The number of carbonyl (C=O) groups excluding carboxylic acids is 1. The highest BCUT2D eigenvalue weighted by molar-refractivity contribution is 9.10. The van der Waals surface area contributed by atoms with E-state index in [-0.39, 0.29) is 11.7 Å². The molecule has 0 fully saturated rings. The number of nitrogens with one attached hydrogen (secondary N) is 1. The van der Waals surface area contributed by atoms with Crippen LogP contribution in [0.2, 0.25) is 0 Å². The molecule has 0 atom stereocenters. The number of rotatable bonds is 3. The second kappa shape index (κ2) is 5.84. The van der Waals surface area contributed by atoms with Crippen LogP contribution < -0.4 is 5.32 Å². The topological polar surface area (TPSA) is 29.1 Å². The van der Waals surface area contributed by atoms with Gasteiger partial charge in [-0.3, -0.25) is 4.79 Å². The molecule has 0 saturated carbocycles. The molecule has 1 heterocycles. The van der Waals surface area contributed by atoms with Crippen LogP contribution in [-0.4, -0.2) is 5.91 Å². The van der Waals surface area contributed by atoms with E-state index in [4.69, 9.17) is 0 Å². The maximum atomic E-state index is 13.5. The van der Waals surface area contributed by atoms with Crippen molar-refractivity contribution < 1.29 is 9.18 Å². The summed E-state index contributed by atoms with van der Waals surface area (Å²) >= 11 is 4.71. The summed E-state index contributed by atoms with van der Waals surface area (Å²) in [5.41, 5.74) is 2.10. The maximum Gasteiger partial charge on any atom is 0.262 e. The van der Waals surface area contributed by atoms with Gasteiger partial charge in [0, 0.05) is 11.0 Å². The zero-order chi connectivity index (χ0) is 14.0. The highest BCUT2D eigenvalue weighted by Gasteiger charge is 2.11. The highest BCUT2D eigenvalue weighted by Crippen LogP contribution is 2.22. The van der Waals surface area contributed by atoms with Gasteiger partial charge in [0.1, 0.15) is 10.7 Å². The summed E-state index contributed by atoms with van der Waals surface area (Å²) in [6, 6.07) is 5.35. The molecule has 0 bridgehead atoms. The van der Waals surface area contributed by atoms with Crippen LogP contribution in [0.3, 0.4) is 0 Å². The van der Waals surface area contributed by atoms with Gasteiger partial charge in [0.2, 0.25) is 0 Å². The van der Waals surface area contributed by atoms with Crippen LogP contribution in [0.15, 0.2) is 28.1 Å². The van der Waals surface area contributed by atoms with Gasteiger partial charge in [-0.25, -0.2) is 4.39 Å². The molecular weight excluding hydrogens is 329 g/mol. The number of carbonyl (C=O) groups is 1. The number of halogens is 2. The van der Waals surface area contributed by atoms with Crippen LogP contribution in [0.4, 0.5) is 4.39 Å². The first-order valence-electron chi connectivity index (χ1n) is 5.76. The number of thiophene rings is 1. The number of hydrogen-bond acceptors (Lipinski definition) is 2. The fourth-order valence-electron chi connectivity index (χ4n) is 1.86. The second-order valence-corrected chi connectivity index (χ2v) is 6.09. The van der Waals surface area contributed by atoms with Crippen molar-refractivity contribution in [2.75, 3.05) is 0 Å². The third kappa shape index (κ3) is 3.22. The zero-order valence-electron chi connectivity index (χ0n) is 10.6. The van der Waals surface area contributed by atoms with Crippen LogP contribution in [0, 0.1) is 19.7 Å². The first-order chi connectivity index (χ1) is 8.99. The van der Waals surface area contributed by atoms with Crippen molar-refractivity contribution in [3.8, 4) is 0 Å². The van der Waals surface area contributed by atoms with Crippen LogP contribution in [0.5, 0.6) is 0 Å². The SMILES string of the molecule is Cc1cc(CNC(=O)c2sccc2Br)cc(C)c1F. The molecule has 0 aliphatic carbocycles. The summed E-state index contributed by atoms with van der Waals surface area (Å²) in [6.45, 7) is 3.85. The number of aryl methyl sites for hydroxylation is 2. The standard InChI is InChI=1S/C14H13BrFNOS/c1-8-5-10(6-9(2)12(8)16)7-17-14(18)13-11(15)3-4-19-13/h3-6H,7H2,1-2H3,(H,17,18). The molecule has 0 unspecified atom stereocenters. The van der Waals surface area contributed by atoms with Crippen molar-refractivity contribution in [1.29, 1.82) is 0 Å². The minimum Gasteiger partial charge on any atom is -0.347 e. The molecule has 0 radical (unpaired) electrons. The van der Waals surface area contributed by atoms with E-state index in [9.17, 15) is 9.18 Å². The third-order valence-electron chi connectivity index (χ3n) is 2.77. The summed E-state index contributed by atoms with van der Waals surface area (Å²) in [7, 11) is 0. The van der Waals surface area contributed by atoms with Crippen molar-refractivity contribution in [2.24, 2.45) is 0 Å². The Balaban J connectivity index is 2.07. The molecule has 2 rings (SSSR count). The lowest BCUT2D eigenvalue weighted by Crippen LogP contribution is -2.22. The van der Waals surface area contributed by atoms with E-state index in [0.29, 0.717) is 22.5 Å². The first-order valence-corrected chi connectivity index (χ1v) is 7.43. The van der Waals surface area contributed by atoms with Crippen molar-refractivity contribution >= 4 is 33.2 Å². The molecule has 2 nitrogen and oxygen atoms in total. The molecule has 0 saturated heterocycles. The lowest BCUT2D eigenvalue weighted by Gasteiger charge is -2.08. The van der Waals surface area contributed by atoms with Gasteiger partial charge in [-0.05, 0) is 57.9 Å². The van der Waals surface area contributed by atoms with Gasteiger partial charge < -0.3 is 5.32 Å². The Kier molecular flexibility index (Phi) is 4.37. The van der Waals surface area contributed by atoms with Gasteiger partial charge in [-0.1, -0.05) is 12.1 Å². The lowest BCUT2D eigenvalue weighted by atomic mass is 10.1. The Hall–Kier alpha value is -1.20. The fourth-order valence-corrected chi connectivity index (χ4v) is 3.32. The molecule has 100 valence electrons. The predicted octanol–water partition coefficient (Wildman–Crippen LogP) is 4.20. The smallest absolute Gasteiger partial charge is 0.262 e. The van der Waals surface area contributed by atoms with E-state index in [0.717, 1.165) is 10.0 Å². The van der Waals surface area contributed by atoms with Crippen LogP contribution in [0.1, 0.15) is 26.4 Å². The molecule has 19 heavy (non-hydrogen) atoms.